The monoisotopic (exact) mass is 321 g/mol. The molecular weight excluding hydrogens is 308 g/mol. The van der Waals surface area contributed by atoms with Crippen molar-refractivity contribution >= 4 is 17.3 Å². The van der Waals surface area contributed by atoms with Gasteiger partial charge in [-0.1, -0.05) is 12.1 Å². The molecule has 0 heterocycles. The normalized spacial score (nSPS) is 9.57. The summed E-state index contributed by atoms with van der Waals surface area (Å²) in [5, 5.41) is 10.3. The van der Waals surface area contributed by atoms with Crippen molar-refractivity contribution < 1.29 is 23.3 Å². The highest BCUT2D eigenvalue weighted by molar-refractivity contribution is 5.95. The molecule has 0 atom stereocenters. The van der Waals surface area contributed by atoms with E-state index in [2.05, 4.69) is 0 Å². The topological polar surface area (TPSA) is 77.3 Å². The molecule has 0 spiro atoms. The largest absolute Gasteiger partial charge is 0.294 e. The van der Waals surface area contributed by atoms with E-state index in [1.165, 1.54) is 19.1 Å². The molecule has 5 nitrogen and oxygen atoms in total. The Morgan fingerprint density at radius 1 is 0.913 bits per heavy atom. The van der Waals surface area contributed by atoms with Gasteiger partial charge in [0.05, 0.1) is 16.1 Å². The van der Waals surface area contributed by atoms with Gasteiger partial charge in [0.2, 0.25) is 0 Å². The predicted molar refractivity (Wildman–Crippen MR) is 79.5 cm³/mol. The van der Waals surface area contributed by atoms with Crippen molar-refractivity contribution in [3.63, 3.8) is 0 Å². The van der Waals surface area contributed by atoms with Gasteiger partial charge >= 0.3 is 0 Å². The molecule has 7 heteroatoms. The summed E-state index contributed by atoms with van der Waals surface area (Å²) >= 11 is 0. The van der Waals surface area contributed by atoms with Crippen LogP contribution in [-0.4, -0.2) is 16.5 Å². The minimum Gasteiger partial charge on any atom is -0.294 e. The molecule has 0 saturated carbocycles. The molecular formula is C16H13F2NO4. The maximum atomic E-state index is 12.8. The van der Waals surface area contributed by atoms with Crippen LogP contribution in [0.1, 0.15) is 34.6 Å². The van der Waals surface area contributed by atoms with Crippen LogP contribution in [0.4, 0.5) is 14.5 Å². The van der Waals surface area contributed by atoms with Crippen LogP contribution in [-0.2, 0) is 0 Å². The second kappa shape index (κ2) is 7.88. The number of hydrogen-bond donors (Lipinski definition) is 0. The van der Waals surface area contributed by atoms with Crippen molar-refractivity contribution in [2.45, 2.75) is 13.8 Å². The standard InChI is InChI=1S/C8H6FNO3.C8H7FO/c1-5(11)7-4-6(10(12)13)2-3-8(7)9;1-6(10)7-4-2-3-5-8(7)9/h2-4H,1H3;2-5H,1H3. The summed E-state index contributed by atoms with van der Waals surface area (Å²) in [4.78, 5) is 31.0. The fraction of sp³-hybridized carbons (Fsp3) is 0.125. The second-order valence-electron chi connectivity index (χ2n) is 4.51. The Bertz CT molecular complexity index is 759. The van der Waals surface area contributed by atoms with Crippen molar-refractivity contribution in [3.8, 4) is 0 Å². The number of rotatable bonds is 3. The first-order valence-corrected chi connectivity index (χ1v) is 6.44. The van der Waals surface area contributed by atoms with Crippen LogP contribution in [0.3, 0.4) is 0 Å². The summed E-state index contributed by atoms with van der Waals surface area (Å²) in [7, 11) is 0. The average Bonchev–Trinajstić information content (AvgIpc) is 2.48. The average molecular weight is 321 g/mol. The van der Waals surface area contributed by atoms with Gasteiger partial charge in [-0.15, -0.1) is 0 Å². The van der Waals surface area contributed by atoms with Gasteiger partial charge in [-0.3, -0.25) is 19.7 Å². The molecule has 0 saturated heterocycles. The number of ketones is 2. The maximum Gasteiger partial charge on any atom is 0.270 e. The van der Waals surface area contributed by atoms with Crippen LogP contribution in [0.15, 0.2) is 42.5 Å². The van der Waals surface area contributed by atoms with Crippen molar-refractivity contribution in [3.05, 3.63) is 75.3 Å². The van der Waals surface area contributed by atoms with Crippen LogP contribution >= 0.6 is 0 Å². The number of halogens is 2. The lowest BCUT2D eigenvalue weighted by Gasteiger charge is -1.97. The summed E-state index contributed by atoms with van der Waals surface area (Å²) in [5.74, 6) is -1.95. The number of carbonyl (C=O) groups is 2. The zero-order chi connectivity index (χ0) is 17.6. The van der Waals surface area contributed by atoms with Crippen molar-refractivity contribution in [1.82, 2.24) is 0 Å². The molecule has 0 N–H and O–H groups in total. The molecule has 2 rings (SSSR count). The molecule has 0 radical (unpaired) electrons. The first-order valence-electron chi connectivity index (χ1n) is 6.44. The van der Waals surface area contributed by atoms with Gasteiger partial charge in [-0.25, -0.2) is 8.78 Å². The number of benzene rings is 2. The van der Waals surface area contributed by atoms with E-state index in [0.29, 0.717) is 0 Å². The summed E-state index contributed by atoms with van der Waals surface area (Å²) in [5.41, 5.74) is -0.386. The Balaban J connectivity index is 0.000000238. The maximum absolute atomic E-state index is 12.8. The van der Waals surface area contributed by atoms with Crippen LogP contribution in [0.25, 0.3) is 0 Å². The van der Waals surface area contributed by atoms with Crippen LogP contribution in [0.5, 0.6) is 0 Å². The van der Waals surface area contributed by atoms with Crippen molar-refractivity contribution in [2.24, 2.45) is 0 Å². The van der Waals surface area contributed by atoms with Crippen LogP contribution < -0.4 is 0 Å². The molecule has 0 aliphatic carbocycles. The van der Waals surface area contributed by atoms with E-state index in [-0.39, 0.29) is 22.6 Å². The molecule has 0 aromatic heterocycles. The van der Waals surface area contributed by atoms with Gasteiger partial charge in [-0.2, -0.15) is 0 Å². The van der Waals surface area contributed by atoms with E-state index < -0.39 is 22.3 Å². The van der Waals surface area contributed by atoms with Crippen molar-refractivity contribution in [2.75, 3.05) is 0 Å². The molecule has 2 aromatic carbocycles. The highest BCUT2D eigenvalue weighted by Gasteiger charge is 2.13. The number of carbonyl (C=O) groups excluding carboxylic acids is 2. The number of Topliss-reactive ketones (excluding diaryl/α,β-unsaturated/α-hetero) is 2. The molecule has 0 amide bonds. The third-order valence-corrected chi connectivity index (χ3v) is 2.79. The lowest BCUT2D eigenvalue weighted by molar-refractivity contribution is -0.384. The quantitative estimate of drug-likeness (QED) is 0.487. The lowest BCUT2D eigenvalue weighted by atomic mass is 10.1. The number of nitro groups is 1. The molecule has 2 aromatic rings. The Hall–Kier alpha value is -2.96. The second-order valence-corrected chi connectivity index (χ2v) is 4.51. The minimum absolute atomic E-state index is 0.155. The zero-order valence-corrected chi connectivity index (χ0v) is 12.4. The number of non-ortho nitro benzene ring substituents is 1. The summed E-state index contributed by atoms with van der Waals surface area (Å²) < 4.78 is 25.5. The van der Waals surface area contributed by atoms with E-state index in [9.17, 15) is 28.5 Å². The minimum atomic E-state index is -0.738. The first-order chi connectivity index (χ1) is 10.7. The van der Waals surface area contributed by atoms with Gasteiger partial charge in [0, 0.05) is 12.1 Å². The fourth-order valence-corrected chi connectivity index (χ4v) is 1.64. The number of nitro benzene ring substituents is 1. The Morgan fingerprint density at radius 2 is 1.43 bits per heavy atom. The van der Waals surface area contributed by atoms with Crippen LogP contribution in [0, 0.1) is 21.7 Å². The summed E-state index contributed by atoms with van der Waals surface area (Å²) in [6, 6.07) is 8.80. The Labute approximate surface area is 130 Å². The molecule has 0 fully saturated rings. The number of nitrogens with zero attached hydrogens (tertiary/aromatic N) is 1. The SMILES string of the molecule is CC(=O)c1cc([N+](=O)[O-])ccc1F.CC(=O)c1ccccc1F. The van der Waals surface area contributed by atoms with Gasteiger partial charge in [-0.05, 0) is 32.0 Å². The molecule has 0 aliphatic rings. The summed E-state index contributed by atoms with van der Waals surface area (Å²) in [6.07, 6.45) is 0. The Morgan fingerprint density at radius 3 is 1.87 bits per heavy atom. The fourth-order valence-electron chi connectivity index (χ4n) is 1.64. The molecule has 0 bridgehead atoms. The molecule has 120 valence electrons. The third-order valence-electron chi connectivity index (χ3n) is 2.79. The third kappa shape index (κ3) is 5.06. The van der Waals surface area contributed by atoms with Crippen molar-refractivity contribution in [1.29, 1.82) is 0 Å². The molecule has 0 aliphatic heterocycles. The van der Waals surface area contributed by atoms with Gasteiger partial charge in [0.1, 0.15) is 11.6 Å². The predicted octanol–water partition coefficient (Wildman–Crippen LogP) is 3.96. The highest BCUT2D eigenvalue weighted by Crippen LogP contribution is 2.16. The van der Waals surface area contributed by atoms with Gasteiger partial charge in [0.25, 0.3) is 5.69 Å². The van der Waals surface area contributed by atoms with Gasteiger partial charge < -0.3 is 0 Å². The van der Waals surface area contributed by atoms with E-state index in [1.54, 1.807) is 12.1 Å². The smallest absolute Gasteiger partial charge is 0.270 e. The molecule has 23 heavy (non-hydrogen) atoms. The van der Waals surface area contributed by atoms with E-state index in [1.807, 2.05) is 0 Å². The summed E-state index contributed by atoms with van der Waals surface area (Å²) in [6.45, 7) is 2.50. The van der Waals surface area contributed by atoms with Gasteiger partial charge in [0.15, 0.2) is 11.6 Å². The zero-order valence-electron chi connectivity index (χ0n) is 12.4. The van der Waals surface area contributed by atoms with Crippen LogP contribution in [0.2, 0.25) is 0 Å². The first kappa shape index (κ1) is 18.1. The molecule has 0 unspecified atom stereocenters. The van der Waals surface area contributed by atoms with E-state index in [0.717, 1.165) is 25.1 Å². The van der Waals surface area contributed by atoms with E-state index >= 15 is 0 Å². The Kier molecular flexibility index (Phi) is 6.20. The number of hydrogen-bond acceptors (Lipinski definition) is 4. The highest BCUT2D eigenvalue weighted by atomic mass is 19.1. The lowest BCUT2D eigenvalue weighted by Crippen LogP contribution is -1.98. The van der Waals surface area contributed by atoms with E-state index in [4.69, 9.17) is 0 Å².